The highest BCUT2D eigenvalue weighted by Gasteiger charge is 2.31. The molecule has 0 aromatic carbocycles. The fraction of sp³-hybridized carbons (Fsp3) is 0.800. The molecule has 92 valence electrons. The maximum absolute atomic E-state index is 11.6. The van der Waals surface area contributed by atoms with E-state index in [4.69, 9.17) is 5.11 Å². The zero-order valence-corrected chi connectivity index (χ0v) is 10.4. The van der Waals surface area contributed by atoms with Crippen LogP contribution < -0.4 is 5.32 Å². The average Bonchev–Trinajstić information content (AvgIpc) is 3.05. The molecule has 0 heterocycles. The number of hydrogen-bond acceptors (Lipinski definition) is 3. The standard InChI is InChI=1S/C10H18N2O3S/c1-12(7-3-4-7)10(15)11-8(9(13)14)5-6-16-2/h7-8H,3-6H2,1-2H3,(H,11,15)(H,13,14). The number of carbonyl (C=O) groups excluding carboxylic acids is 1. The second-order valence-electron chi connectivity index (χ2n) is 3.96. The van der Waals surface area contributed by atoms with Crippen molar-refractivity contribution in [1.29, 1.82) is 0 Å². The SMILES string of the molecule is CSCCC(NC(=O)N(C)C1CC1)C(=O)O. The minimum atomic E-state index is -0.966. The first-order valence-electron chi connectivity index (χ1n) is 5.31. The summed E-state index contributed by atoms with van der Waals surface area (Å²) < 4.78 is 0. The van der Waals surface area contributed by atoms with Gasteiger partial charge in [0.2, 0.25) is 0 Å². The van der Waals surface area contributed by atoms with E-state index in [-0.39, 0.29) is 6.03 Å². The molecule has 1 aliphatic carbocycles. The van der Waals surface area contributed by atoms with Crippen molar-refractivity contribution in [3.8, 4) is 0 Å². The average molecular weight is 246 g/mol. The lowest BCUT2D eigenvalue weighted by molar-refractivity contribution is -0.139. The van der Waals surface area contributed by atoms with Gasteiger partial charge in [-0.05, 0) is 31.3 Å². The second kappa shape index (κ2) is 5.98. The molecule has 6 heteroatoms. The van der Waals surface area contributed by atoms with Crippen LogP contribution in [0.3, 0.4) is 0 Å². The Labute approximate surface area is 99.6 Å². The number of amides is 2. The van der Waals surface area contributed by atoms with Gasteiger partial charge >= 0.3 is 12.0 Å². The molecule has 0 radical (unpaired) electrons. The zero-order valence-electron chi connectivity index (χ0n) is 9.60. The number of nitrogens with zero attached hydrogens (tertiary/aromatic N) is 1. The molecule has 1 unspecified atom stereocenters. The number of hydrogen-bond donors (Lipinski definition) is 2. The molecule has 1 saturated carbocycles. The number of carboxylic acids is 1. The monoisotopic (exact) mass is 246 g/mol. The molecule has 2 amide bonds. The van der Waals surface area contributed by atoms with Crippen LogP contribution in [-0.4, -0.2) is 53.1 Å². The Kier molecular flexibility index (Phi) is 4.92. The number of carboxylic acid groups (broad SMARTS) is 1. The minimum absolute atomic E-state index is 0.281. The summed E-state index contributed by atoms with van der Waals surface area (Å²) in [6.07, 6.45) is 4.41. The first kappa shape index (κ1) is 13.2. The summed E-state index contributed by atoms with van der Waals surface area (Å²) in [5.74, 6) is -0.240. The lowest BCUT2D eigenvalue weighted by Crippen LogP contribution is -2.47. The van der Waals surface area contributed by atoms with Crippen LogP contribution in [0.25, 0.3) is 0 Å². The van der Waals surface area contributed by atoms with Gasteiger partial charge in [-0.3, -0.25) is 0 Å². The topological polar surface area (TPSA) is 69.6 Å². The van der Waals surface area contributed by atoms with Gasteiger partial charge < -0.3 is 15.3 Å². The summed E-state index contributed by atoms with van der Waals surface area (Å²) >= 11 is 1.57. The summed E-state index contributed by atoms with van der Waals surface area (Å²) in [6.45, 7) is 0. The molecule has 0 saturated heterocycles. The van der Waals surface area contributed by atoms with Crippen LogP contribution in [-0.2, 0) is 4.79 Å². The van der Waals surface area contributed by atoms with Crippen molar-refractivity contribution >= 4 is 23.8 Å². The molecule has 1 rings (SSSR count). The van der Waals surface area contributed by atoms with Crippen LogP contribution in [0.1, 0.15) is 19.3 Å². The molecule has 0 aromatic heterocycles. The lowest BCUT2D eigenvalue weighted by Gasteiger charge is -2.20. The Morgan fingerprint density at radius 2 is 2.19 bits per heavy atom. The van der Waals surface area contributed by atoms with Crippen molar-refractivity contribution in [2.45, 2.75) is 31.3 Å². The number of aliphatic carboxylic acids is 1. The van der Waals surface area contributed by atoms with Crippen LogP contribution in [0.15, 0.2) is 0 Å². The quantitative estimate of drug-likeness (QED) is 0.733. The lowest BCUT2D eigenvalue weighted by atomic mass is 10.2. The molecule has 0 aromatic rings. The van der Waals surface area contributed by atoms with E-state index in [1.54, 1.807) is 23.7 Å². The van der Waals surface area contributed by atoms with Crippen LogP contribution in [0.2, 0.25) is 0 Å². The van der Waals surface area contributed by atoms with Gasteiger partial charge in [0.1, 0.15) is 6.04 Å². The Balaban J connectivity index is 2.40. The Hall–Kier alpha value is -0.910. The molecule has 16 heavy (non-hydrogen) atoms. The van der Waals surface area contributed by atoms with E-state index in [1.807, 2.05) is 6.26 Å². The van der Waals surface area contributed by atoms with Crippen LogP contribution >= 0.6 is 11.8 Å². The fourth-order valence-corrected chi connectivity index (χ4v) is 1.84. The van der Waals surface area contributed by atoms with Crippen LogP contribution in [0, 0.1) is 0 Å². The molecular weight excluding hydrogens is 228 g/mol. The molecule has 1 aliphatic rings. The molecule has 0 spiro atoms. The van der Waals surface area contributed by atoms with E-state index in [1.165, 1.54) is 0 Å². The first-order valence-corrected chi connectivity index (χ1v) is 6.70. The van der Waals surface area contributed by atoms with E-state index in [9.17, 15) is 9.59 Å². The van der Waals surface area contributed by atoms with E-state index in [0.717, 1.165) is 18.6 Å². The van der Waals surface area contributed by atoms with Crippen LogP contribution in [0.5, 0.6) is 0 Å². The van der Waals surface area contributed by atoms with Crippen molar-refractivity contribution in [2.24, 2.45) is 0 Å². The van der Waals surface area contributed by atoms with Gasteiger partial charge in [-0.2, -0.15) is 11.8 Å². The van der Waals surface area contributed by atoms with E-state index < -0.39 is 12.0 Å². The molecular formula is C10H18N2O3S. The van der Waals surface area contributed by atoms with Crippen molar-refractivity contribution in [3.63, 3.8) is 0 Å². The highest BCUT2D eigenvalue weighted by atomic mass is 32.2. The third-order valence-electron chi connectivity index (χ3n) is 2.62. The van der Waals surface area contributed by atoms with Crippen molar-refractivity contribution in [2.75, 3.05) is 19.1 Å². The van der Waals surface area contributed by atoms with Gasteiger partial charge in [-0.1, -0.05) is 0 Å². The number of carbonyl (C=O) groups is 2. The summed E-state index contributed by atoms with van der Waals surface area (Å²) in [6, 6.07) is -0.757. The molecule has 2 N–H and O–H groups in total. The summed E-state index contributed by atoms with van der Waals surface area (Å²) in [4.78, 5) is 24.1. The highest BCUT2D eigenvalue weighted by Crippen LogP contribution is 2.25. The van der Waals surface area contributed by atoms with Gasteiger partial charge in [-0.15, -0.1) is 0 Å². The second-order valence-corrected chi connectivity index (χ2v) is 4.95. The molecule has 1 fully saturated rings. The van der Waals surface area contributed by atoms with E-state index in [2.05, 4.69) is 5.32 Å². The van der Waals surface area contributed by atoms with E-state index in [0.29, 0.717) is 12.5 Å². The zero-order chi connectivity index (χ0) is 12.1. The minimum Gasteiger partial charge on any atom is -0.480 e. The van der Waals surface area contributed by atoms with Gasteiger partial charge in [0.25, 0.3) is 0 Å². The predicted octanol–water partition coefficient (Wildman–Crippen LogP) is 0.996. The van der Waals surface area contributed by atoms with Gasteiger partial charge in [0.15, 0.2) is 0 Å². The Bertz CT molecular complexity index is 269. The maximum atomic E-state index is 11.6. The Morgan fingerprint density at radius 1 is 1.56 bits per heavy atom. The maximum Gasteiger partial charge on any atom is 0.326 e. The summed E-state index contributed by atoms with van der Waals surface area (Å²) in [5.41, 5.74) is 0. The predicted molar refractivity (Wildman–Crippen MR) is 63.7 cm³/mol. The van der Waals surface area contributed by atoms with Crippen molar-refractivity contribution < 1.29 is 14.7 Å². The summed E-state index contributed by atoms with van der Waals surface area (Å²) in [7, 11) is 1.71. The van der Waals surface area contributed by atoms with Crippen LogP contribution in [0.4, 0.5) is 4.79 Å². The van der Waals surface area contributed by atoms with Crippen molar-refractivity contribution in [3.05, 3.63) is 0 Å². The first-order chi connectivity index (χ1) is 7.56. The summed E-state index contributed by atoms with van der Waals surface area (Å²) in [5, 5.41) is 11.5. The Morgan fingerprint density at radius 3 is 2.62 bits per heavy atom. The molecule has 0 bridgehead atoms. The highest BCUT2D eigenvalue weighted by molar-refractivity contribution is 7.98. The normalized spacial score (nSPS) is 16.6. The molecule has 5 nitrogen and oxygen atoms in total. The fourth-order valence-electron chi connectivity index (χ4n) is 1.37. The number of rotatable bonds is 6. The number of nitrogens with one attached hydrogen (secondary N) is 1. The molecule has 0 aliphatic heterocycles. The van der Waals surface area contributed by atoms with Gasteiger partial charge in [0.05, 0.1) is 0 Å². The largest absolute Gasteiger partial charge is 0.480 e. The van der Waals surface area contributed by atoms with Gasteiger partial charge in [-0.25, -0.2) is 9.59 Å². The van der Waals surface area contributed by atoms with E-state index >= 15 is 0 Å². The van der Waals surface area contributed by atoms with Gasteiger partial charge in [0, 0.05) is 13.1 Å². The number of urea groups is 1. The molecule has 1 atom stereocenters. The third-order valence-corrected chi connectivity index (χ3v) is 3.27. The smallest absolute Gasteiger partial charge is 0.326 e. The third kappa shape index (κ3) is 3.92. The van der Waals surface area contributed by atoms with Crippen molar-refractivity contribution in [1.82, 2.24) is 10.2 Å². The number of thioether (sulfide) groups is 1.